The van der Waals surface area contributed by atoms with Crippen LogP contribution in [0.5, 0.6) is 5.75 Å². The minimum absolute atomic E-state index is 0.197. The van der Waals surface area contributed by atoms with Crippen molar-refractivity contribution in [1.29, 1.82) is 0 Å². The van der Waals surface area contributed by atoms with Crippen LogP contribution in [-0.2, 0) is 0 Å². The molecule has 2 aromatic rings. The van der Waals surface area contributed by atoms with Gasteiger partial charge in [-0.05, 0) is 47.3 Å². The Morgan fingerprint density at radius 2 is 1.92 bits per heavy atom. The third-order valence-electron chi connectivity index (χ3n) is 1.54. The average Bonchev–Trinajstić information content (AvgIpc) is 2.53. The fraction of sp³-hybridized carbons (Fsp3) is 0. The average molecular weight is 193 g/mol. The maximum absolute atomic E-state index is 9.04. The smallest absolute Gasteiger partial charge is 0.244 e. The Hall–Kier alpha value is -1.69. The third kappa shape index (κ3) is 1.43. The van der Waals surface area contributed by atoms with Crippen LogP contribution in [0.1, 0.15) is 0 Å². The normalized spacial score (nSPS) is 10.2. The first-order valence-corrected chi connectivity index (χ1v) is 3.93. The first-order valence-electron chi connectivity index (χ1n) is 3.52. The quantitative estimate of drug-likeness (QED) is 0.731. The van der Waals surface area contributed by atoms with Crippen LogP contribution in [0, 0.1) is 0 Å². The van der Waals surface area contributed by atoms with Gasteiger partial charge in [0.1, 0.15) is 5.75 Å². The molecule has 0 amide bonds. The first-order chi connectivity index (χ1) is 6.27. The molecule has 2 rings (SSSR count). The van der Waals surface area contributed by atoms with E-state index in [2.05, 4.69) is 15.5 Å². The van der Waals surface area contributed by atoms with E-state index in [4.69, 9.17) is 17.7 Å². The molecule has 0 aliphatic carbocycles. The Morgan fingerprint density at radius 3 is 2.46 bits per heavy atom. The van der Waals surface area contributed by atoms with Crippen LogP contribution < -0.4 is 0 Å². The predicted octanol–water partition coefficient (Wildman–Crippen LogP) is 0.924. The Labute approximate surface area is 79.4 Å². The molecule has 1 radical (unpaired) electrons. The Morgan fingerprint density at radius 1 is 1.23 bits per heavy atom. The van der Waals surface area contributed by atoms with Crippen LogP contribution in [0.4, 0.5) is 0 Å². The fourth-order valence-corrected chi connectivity index (χ4v) is 1.11. The monoisotopic (exact) mass is 193 g/mol. The fourth-order valence-electron chi connectivity index (χ4n) is 0.935. The number of hydrogen-bond donors (Lipinski definition) is 1. The molecule has 1 aromatic heterocycles. The lowest BCUT2D eigenvalue weighted by atomic mass is 10.3. The van der Waals surface area contributed by atoms with E-state index in [1.165, 1.54) is 4.68 Å². The predicted molar refractivity (Wildman–Crippen MR) is 46.7 cm³/mol. The second kappa shape index (κ2) is 2.98. The molecule has 0 aliphatic heterocycles. The number of phenolic OH excluding ortho intramolecular Hbond substituents is 1. The molecule has 0 atom stereocenters. The van der Waals surface area contributed by atoms with Gasteiger partial charge in [0.2, 0.25) is 5.16 Å². The van der Waals surface area contributed by atoms with Crippen LogP contribution in [0.3, 0.4) is 0 Å². The molecule has 0 bridgehead atoms. The second-order valence-corrected chi connectivity index (χ2v) is 2.75. The van der Waals surface area contributed by atoms with Crippen LogP contribution in [0.25, 0.3) is 5.69 Å². The van der Waals surface area contributed by atoms with E-state index in [-0.39, 0.29) is 5.75 Å². The molecule has 0 saturated carbocycles. The van der Waals surface area contributed by atoms with Crippen molar-refractivity contribution in [2.75, 3.05) is 0 Å². The third-order valence-corrected chi connectivity index (χ3v) is 1.79. The van der Waals surface area contributed by atoms with Crippen molar-refractivity contribution in [2.24, 2.45) is 0 Å². The topological polar surface area (TPSA) is 63.8 Å². The number of aromatic hydroxyl groups is 1. The van der Waals surface area contributed by atoms with Crippen LogP contribution in [-0.4, -0.2) is 25.3 Å². The van der Waals surface area contributed by atoms with Gasteiger partial charge in [-0.3, -0.25) is 0 Å². The molecule has 1 N–H and O–H groups in total. The van der Waals surface area contributed by atoms with Crippen LogP contribution in [0.15, 0.2) is 29.4 Å². The number of hydrogen-bond acceptors (Lipinski definition) is 4. The number of rotatable bonds is 1. The summed E-state index contributed by atoms with van der Waals surface area (Å²) in [6.45, 7) is 0. The molecule has 0 unspecified atom stereocenters. The maximum Gasteiger partial charge on any atom is 0.244 e. The molecular weight excluding hydrogens is 188 g/mol. The summed E-state index contributed by atoms with van der Waals surface area (Å²) < 4.78 is 1.41. The lowest BCUT2D eigenvalue weighted by molar-refractivity contribution is 0.475. The second-order valence-electron chi connectivity index (χ2n) is 2.39. The minimum Gasteiger partial charge on any atom is -0.508 e. The summed E-state index contributed by atoms with van der Waals surface area (Å²) in [5.41, 5.74) is 0.729. The molecule has 13 heavy (non-hydrogen) atoms. The molecule has 0 fully saturated rings. The zero-order chi connectivity index (χ0) is 9.26. The number of nitrogens with zero attached hydrogens (tertiary/aromatic N) is 4. The van der Waals surface area contributed by atoms with Crippen LogP contribution in [0.2, 0.25) is 0 Å². The summed E-state index contributed by atoms with van der Waals surface area (Å²) in [5.74, 6) is 0.197. The molecule has 1 heterocycles. The molecule has 5 nitrogen and oxygen atoms in total. The van der Waals surface area contributed by atoms with Crippen molar-refractivity contribution in [1.82, 2.24) is 20.2 Å². The number of tetrazole rings is 1. The standard InChI is InChI=1S/C7H5N4OS/c12-6-3-1-5(2-4-6)11-7(13)8-9-10-11/h1-4,12H. The maximum atomic E-state index is 9.04. The van der Waals surface area contributed by atoms with E-state index in [0.717, 1.165) is 5.69 Å². The van der Waals surface area contributed by atoms with E-state index in [0.29, 0.717) is 5.16 Å². The molecule has 0 aliphatic rings. The van der Waals surface area contributed by atoms with Crippen molar-refractivity contribution >= 4 is 12.6 Å². The summed E-state index contributed by atoms with van der Waals surface area (Å²) in [5, 5.41) is 20.0. The van der Waals surface area contributed by atoms with E-state index in [1.807, 2.05) is 0 Å². The highest BCUT2D eigenvalue weighted by molar-refractivity contribution is 7.80. The van der Waals surface area contributed by atoms with Gasteiger partial charge in [-0.1, -0.05) is 5.10 Å². The van der Waals surface area contributed by atoms with Crippen molar-refractivity contribution in [3.63, 3.8) is 0 Å². The van der Waals surface area contributed by atoms with E-state index in [9.17, 15) is 0 Å². The highest BCUT2D eigenvalue weighted by Crippen LogP contribution is 2.14. The highest BCUT2D eigenvalue weighted by Gasteiger charge is 2.03. The Bertz CT molecular complexity index is 411. The lowest BCUT2D eigenvalue weighted by Crippen LogP contribution is -1.96. The SMILES string of the molecule is Oc1ccc(-n2nnnc2[S])cc1. The van der Waals surface area contributed by atoms with Gasteiger partial charge in [0.05, 0.1) is 5.69 Å². The minimum atomic E-state index is 0.197. The van der Waals surface area contributed by atoms with Gasteiger partial charge >= 0.3 is 0 Å². The van der Waals surface area contributed by atoms with Gasteiger partial charge in [-0.2, -0.15) is 4.68 Å². The van der Waals surface area contributed by atoms with E-state index in [1.54, 1.807) is 24.3 Å². The molecular formula is C7H5N4OS. The van der Waals surface area contributed by atoms with Crippen molar-refractivity contribution in [3.8, 4) is 11.4 Å². The summed E-state index contributed by atoms with van der Waals surface area (Å²) in [6, 6.07) is 6.46. The lowest BCUT2D eigenvalue weighted by Gasteiger charge is -1.99. The van der Waals surface area contributed by atoms with Gasteiger partial charge in [0.25, 0.3) is 0 Å². The summed E-state index contributed by atoms with van der Waals surface area (Å²) in [4.78, 5) is 0. The number of phenols is 1. The van der Waals surface area contributed by atoms with E-state index < -0.39 is 0 Å². The zero-order valence-corrected chi connectivity index (χ0v) is 7.27. The van der Waals surface area contributed by atoms with Gasteiger partial charge in [0, 0.05) is 0 Å². The molecule has 1 aromatic carbocycles. The van der Waals surface area contributed by atoms with Gasteiger partial charge < -0.3 is 5.11 Å². The molecule has 0 saturated heterocycles. The van der Waals surface area contributed by atoms with Crippen molar-refractivity contribution < 1.29 is 5.11 Å². The molecule has 6 heteroatoms. The zero-order valence-electron chi connectivity index (χ0n) is 6.45. The largest absolute Gasteiger partial charge is 0.508 e. The van der Waals surface area contributed by atoms with Crippen LogP contribution >= 0.6 is 12.6 Å². The van der Waals surface area contributed by atoms with E-state index >= 15 is 0 Å². The summed E-state index contributed by atoms with van der Waals surface area (Å²) >= 11 is 4.86. The van der Waals surface area contributed by atoms with Crippen molar-refractivity contribution in [3.05, 3.63) is 24.3 Å². The molecule has 0 spiro atoms. The Kier molecular flexibility index (Phi) is 1.82. The molecule has 65 valence electrons. The number of aromatic nitrogens is 4. The summed E-state index contributed by atoms with van der Waals surface area (Å²) in [7, 11) is 0. The first kappa shape index (κ1) is 7.93. The van der Waals surface area contributed by atoms with Crippen molar-refractivity contribution in [2.45, 2.75) is 5.16 Å². The summed E-state index contributed by atoms with van der Waals surface area (Å²) in [6.07, 6.45) is 0. The van der Waals surface area contributed by atoms with Gasteiger partial charge in [-0.15, -0.1) is 0 Å². The highest BCUT2D eigenvalue weighted by atomic mass is 32.1. The van der Waals surface area contributed by atoms with Gasteiger partial charge in [-0.25, -0.2) is 0 Å². The van der Waals surface area contributed by atoms with Gasteiger partial charge in [0.15, 0.2) is 0 Å². The number of benzene rings is 1. The Balaban J connectivity index is 2.47.